The molecule has 0 unspecified atom stereocenters. The maximum atomic E-state index is 3.06. The van der Waals surface area contributed by atoms with Gasteiger partial charge >= 0.3 is 30.2 Å². The van der Waals surface area contributed by atoms with Crippen LogP contribution < -0.4 is 0 Å². The summed E-state index contributed by atoms with van der Waals surface area (Å²) in [4.78, 5) is 0. The van der Waals surface area contributed by atoms with Crippen molar-refractivity contribution < 1.29 is 23.3 Å². The number of benzene rings is 3. The maximum Gasteiger partial charge on any atom is -0.171 e. The Morgan fingerprint density at radius 3 is 1.38 bits per heavy atom. The van der Waals surface area contributed by atoms with Gasteiger partial charge in [-0.25, -0.2) is 0 Å². The van der Waals surface area contributed by atoms with Crippen molar-refractivity contribution in [3.63, 3.8) is 0 Å². The quantitative estimate of drug-likeness (QED) is 0.146. The summed E-state index contributed by atoms with van der Waals surface area (Å²) < 4.78 is 0. The number of hydrogen-bond donors (Lipinski definition) is 0. The first-order valence-corrected chi connectivity index (χ1v) is 17.0. The number of fused-ring (bicyclic) bond motifs is 2. The van der Waals surface area contributed by atoms with Crippen LogP contribution in [0.25, 0.3) is 21.5 Å². The zero-order chi connectivity index (χ0) is 26.5. The molecule has 0 saturated carbocycles. The standard InChI is InChI=1S/2C14H17.C6H5.CH3.Si.Zr/c2*1-10(2)6-12-4-5-13-7-11(3)8-14(13)9-12;1-2-4-6-5-3-1;;;/h2*4-5,7-10H,6H2,1-3H3;1-5H;1H3;;/q4*-1;;. The van der Waals surface area contributed by atoms with E-state index >= 15 is 0 Å². The van der Waals surface area contributed by atoms with E-state index in [1.54, 1.807) is 0 Å². The van der Waals surface area contributed by atoms with Gasteiger partial charge in [-0.1, -0.05) is 52.7 Å². The van der Waals surface area contributed by atoms with Crippen molar-refractivity contribution >= 4 is 28.4 Å². The molecule has 5 aromatic carbocycles. The van der Waals surface area contributed by atoms with Crippen molar-refractivity contribution in [2.75, 3.05) is 0 Å². The zero-order valence-corrected chi connectivity index (χ0v) is 27.2. The topological polar surface area (TPSA) is 0 Å². The Morgan fingerprint density at radius 1 is 0.676 bits per heavy atom. The van der Waals surface area contributed by atoms with E-state index in [0.717, 1.165) is 11.8 Å². The third kappa shape index (κ3) is 11.9. The average Bonchev–Trinajstić information content (AvgIpc) is 3.41. The summed E-state index contributed by atoms with van der Waals surface area (Å²) in [5.74, 6) is 1.48. The first-order chi connectivity index (χ1) is 17.3. The molecular weight excluding hydrogens is 540 g/mol. The molecule has 0 saturated heterocycles. The third-order valence-electron chi connectivity index (χ3n) is 5.73. The van der Waals surface area contributed by atoms with Gasteiger partial charge in [0.1, 0.15) is 0 Å². The molecule has 0 heterocycles. The first kappa shape index (κ1) is 33.0. The Bertz CT molecular complexity index is 1180. The van der Waals surface area contributed by atoms with Crippen LogP contribution in [0.1, 0.15) is 49.9 Å². The van der Waals surface area contributed by atoms with Gasteiger partial charge in [-0.05, 0) is 24.7 Å². The molecule has 0 N–H and O–H groups in total. The second-order valence-electron chi connectivity index (χ2n) is 10.3. The van der Waals surface area contributed by atoms with Gasteiger partial charge in [0.05, 0.1) is 0 Å². The van der Waals surface area contributed by atoms with E-state index < -0.39 is 0 Å². The summed E-state index contributed by atoms with van der Waals surface area (Å²) in [7, 11) is 0. The largest absolute Gasteiger partial charge is 0.184 e. The van der Waals surface area contributed by atoms with Crippen molar-refractivity contribution in [3.8, 4) is 0 Å². The third-order valence-corrected chi connectivity index (χ3v) is 5.73. The van der Waals surface area contributed by atoms with E-state index in [9.17, 15) is 0 Å². The molecule has 0 bridgehead atoms. The molecule has 37 heavy (non-hydrogen) atoms. The minimum atomic E-state index is 0. The minimum Gasteiger partial charge on any atom is -0.184 e. The van der Waals surface area contributed by atoms with Crippen molar-refractivity contribution in [2.45, 2.75) is 54.4 Å². The van der Waals surface area contributed by atoms with Crippen LogP contribution in [0, 0.1) is 39.2 Å². The fourth-order valence-corrected chi connectivity index (χ4v) is 4.36. The van der Waals surface area contributed by atoms with Crippen LogP contribution in [0.15, 0.2) is 91.0 Å². The molecule has 5 rings (SSSR count). The number of rotatable bonds is 4. The van der Waals surface area contributed by atoms with E-state index in [4.69, 9.17) is 0 Å². The SMILES string of the molecule is Cc1cc2cc(CC(C)C)ccc2[cH-]1.Cc1cc2cc(CC(C)C)ccc2[cH-]1.[CH3-].[Si]=[Zr].[c-]1ccccc1. The summed E-state index contributed by atoms with van der Waals surface area (Å²) in [6.45, 7) is 16.4. The molecule has 2 radical (unpaired) electrons. The van der Waals surface area contributed by atoms with Crippen LogP contribution in [0.5, 0.6) is 0 Å². The molecule has 0 atom stereocenters. The Kier molecular flexibility index (Phi) is 15.6. The molecule has 0 amide bonds. The maximum absolute atomic E-state index is 3.06. The summed E-state index contributed by atoms with van der Waals surface area (Å²) in [5.41, 5.74) is 5.64. The van der Waals surface area contributed by atoms with Crippen LogP contribution in [0.3, 0.4) is 0 Å². The van der Waals surface area contributed by atoms with E-state index in [1.165, 1.54) is 80.0 Å². The average molecular weight is 582 g/mol. The zero-order valence-electron chi connectivity index (χ0n) is 23.7. The van der Waals surface area contributed by atoms with Crippen LogP contribution in [0.2, 0.25) is 0 Å². The Morgan fingerprint density at radius 2 is 1.08 bits per heavy atom. The van der Waals surface area contributed by atoms with Crippen LogP contribution >= 0.6 is 0 Å². The first-order valence-electron chi connectivity index (χ1n) is 12.8. The Labute approximate surface area is 243 Å². The summed E-state index contributed by atoms with van der Waals surface area (Å²) in [6, 6.07) is 35.1. The molecule has 0 spiro atoms. The van der Waals surface area contributed by atoms with Gasteiger partial charge in [0.15, 0.2) is 0 Å². The fourth-order valence-electron chi connectivity index (χ4n) is 4.36. The summed E-state index contributed by atoms with van der Waals surface area (Å²) in [6.07, 6.45) is 2.36. The van der Waals surface area contributed by atoms with Crippen molar-refractivity contribution in [1.29, 1.82) is 0 Å². The van der Waals surface area contributed by atoms with Gasteiger partial charge in [0.25, 0.3) is 0 Å². The van der Waals surface area contributed by atoms with Gasteiger partial charge in [-0.15, -0.1) is 81.2 Å². The number of hydrogen-bond acceptors (Lipinski definition) is 0. The van der Waals surface area contributed by atoms with Gasteiger partial charge in [0, 0.05) is 0 Å². The predicted molar refractivity (Wildman–Crippen MR) is 163 cm³/mol. The second kappa shape index (κ2) is 17.5. The molecule has 0 aliphatic carbocycles. The van der Waals surface area contributed by atoms with Crippen LogP contribution in [0.4, 0.5) is 0 Å². The molecule has 0 aliphatic rings. The molecule has 0 aromatic heterocycles. The van der Waals surface area contributed by atoms with Crippen molar-refractivity contribution in [1.82, 2.24) is 0 Å². The van der Waals surface area contributed by atoms with Crippen LogP contribution in [-0.2, 0) is 36.2 Å². The second-order valence-corrected chi connectivity index (χ2v) is 10.3. The normalized spacial score (nSPS) is 10.0. The van der Waals surface area contributed by atoms with Gasteiger partial charge < -0.3 is 7.43 Å². The fraction of sp³-hybridized carbons (Fsp3) is 0.286. The van der Waals surface area contributed by atoms with Crippen molar-refractivity contribution in [3.05, 3.63) is 127 Å². The summed E-state index contributed by atoms with van der Waals surface area (Å²) in [5, 5.41) is 5.52. The molecule has 0 fully saturated rings. The molecule has 0 aliphatic heterocycles. The minimum absolute atomic E-state index is 0. The van der Waals surface area contributed by atoms with E-state index in [0.29, 0.717) is 0 Å². The van der Waals surface area contributed by atoms with Crippen molar-refractivity contribution in [2.24, 2.45) is 11.8 Å². The molecule has 5 aromatic rings. The van der Waals surface area contributed by atoms with Gasteiger partial charge in [-0.3, -0.25) is 0 Å². The van der Waals surface area contributed by atoms with Gasteiger partial charge in [-0.2, -0.15) is 48.5 Å². The predicted octanol–water partition coefficient (Wildman–Crippen LogP) is 9.69. The molecular formula is C35H42SiZr-4. The van der Waals surface area contributed by atoms with E-state index in [2.05, 4.69) is 115 Å². The monoisotopic (exact) mass is 580 g/mol. The molecule has 194 valence electrons. The van der Waals surface area contributed by atoms with Crippen LogP contribution in [-0.4, -0.2) is 6.88 Å². The van der Waals surface area contributed by atoms with E-state index in [1.807, 2.05) is 30.3 Å². The molecule has 0 nitrogen and oxygen atoms in total. The smallest absolute Gasteiger partial charge is 0.171 e. The summed E-state index contributed by atoms with van der Waals surface area (Å²) >= 11 is 1.36. The number of aryl methyl sites for hydroxylation is 2. The Balaban J connectivity index is 0.000000282. The molecule has 2 heteroatoms. The van der Waals surface area contributed by atoms with Gasteiger partial charge in [0.2, 0.25) is 0 Å². The Hall–Kier alpha value is -2.02. The van der Waals surface area contributed by atoms with E-state index in [-0.39, 0.29) is 7.43 Å².